The quantitative estimate of drug-likeness (QED) is 0.618. The fraction of sp³-hybridized carbons (Fsp3) is 0.348. The summed E-state index contributed by atoms with van der Waals surface area (Å²) < 4.78 is 0. The molecule has 1 unspecified atom stereocenters. The predicted octanol–water partition coefficient (Wildman–Crippen LogP) is 2.84. The number of carbonyl (C=O) groups is 1. The number of nitrogens with zero attached hydrogens (tertiary/aromatic N) is 2. The normalized spacial score (nSPS) is 12.3. The molecule has 0 spiro atoms. The molecule has 0 fully saturated rings. The molecule has 0 bridgehead atoms. The van der Waals surface area contributed by atoms with Crippen LogP contribution in [0.15, 0.2) is 53.3 Å². The zero-order valence-electron chi connectivity index (χ0n) is 17.2. The van der Waals surface area contributed by atoms with Gasteiger partial charge in [0.15, 0.2) is 0 Å². The first-order chi connectivity index (χ1) is 14.0. The average molecular weight is 393 g/mol. The third-order valence-electron chi connectivity index (χ3n) is 5.14. The first-order valence-electron chi connectivity index (χ1n) is 9.98. The van der Waals surface area contributed by atoms with Crippen LogP contribution in [0.1, 0.15) is 36.3 Å². The van der Waals surface area contributed by atoms with Crippen molar-refractivity contribution in [2.45, 2.75) is 32.2 Å². The van der Waals surface area contributed by atoms with E-state index in [0.717, 1.165) is 6.42 Å². The summed E-state index contributed by atoms with van der Waals surface area (Å²) in [4.78, 5) is 33.8. The molecule has 152 valence electrons. The van der Waals surface area contributed by atoms with Crippen molar-refractivity contribution < 1.29 is 4.79 Å². The smallest absolute Gasteiger partial charge is 0.258 e. The number of fused-ring (bicyclic) bond motifs is 1. The van der Waals surface area contributed by atoms with Gasteiger partial charge in [-0.25, -0.2) is 4.98 Å². The maximum atomic E-state index is 12.4. The van der Waals surface area contributed by atoms with Gasteiger partial charge in [0.05, 0.1) is 16.9 Å². The molecule has 3 aromatic rings. The Morgan fingerprint density at radius 1 is 1.14 bits per heavy atom. The molecular weight excluding hydrogens is 364 g/mol. The lowest BCUT2D eigenvalue weighted by Gasteiger charge is -2.25. The molecule has 0 aliphatic heterocycles. The van der Waals surface area contributed by atoms with Crippen molar-refractivity contribution in [3.63, 3.8) is 0 Å². The Kier molecular flexibility index (Phi) is 6.77. The second kappa shape index (κ2) is 9.47. The fourth-order valence-electron chi connectivity index (χ4n) is 3.36. The third-order valence-corrected chi connectivity index (χ3v) is 5.14. The van der Waals surface area contributed by atoms with Gasteiger partial charge in [0.1, 0.15) is 5.82 Å². The minimum Gasteiger partial charge on any atom is -0.354 e. The Bertz CT molecular complexity index is 1020. The van der Waals surface area contributed by atoms with Crippen molar-refractivity contribution >= 4 is 16.8 Å². The van der Waals surface area contributed by atoms with Crippen molar-refractivity contribution in [3.8, 4) is 0 Å². The third kappa shape index (κ3) is 5.29. The molecule has 0 saturated carbocycles. The van der Waals surface area contributed by atoms with E-state index in [2.05, 4.69) is 51.4 Å². The minimum absolute atomic E-state index is 0.0576. The van der Waals surface area contributed by atoms with Crippen molar-refractivity contribution in [3.05, 3.63) is 75.8 Å². The van der Waals surface area contributed by atoms with Gasteiger partial charge in [0.2, 0.25) is 5.91 Å². The van der Waals surface area contributed by atoms with E-state index in [1.165, 1.54) is 11.1 Å². The molecule has 3 rings (SSSR count). The van der Waals surface area contributed by atoms with Crippen LogP contribution in [-0.2, 0) is 17.6 Å². The standard InChI is InChI=1S/C23H28N4O2/c1-4-16-9-11-17(12-10-16)20(27(2)3)15-24-22(28)14-13-21-25-19-8-6-5-7-18(19)23(29)26-21/h5-12,20H,4,13-15H2,1-3H3,(H,24,28)(H,25,26,29). The Hall–Kier alpha value is -2.99. The number of aromatic nitrogens is 2. The van der Waals surface area contributed by atoms with E-state index >= 15 is 0 Å². The number of nitrogens with one attached hydrogen (secondary N) is 2. The van der Waals surface area contributed by atoms with Gasteiger partial charge in [-0.05, 0) is 43.8 Å². The zero-order valence-corrected chi connectivity index (χ0v) is 17.2. The molecule has 1 atom stereocenters. The fourth-order valence-corrected chi connectivity index (χ4v) is 3.36. The lowest BCUT2D eigenvalue weighted by Crippen LogP contribution is -2.34. The molecule has 0 radical (unpaired) electrons. The van der Waals surface area contributed by atoms with Crippen LogP contribution in [0.2, 0.25) is 0 Å². The predicted molar refractivity (Wildman–Crippen MR) is 116 cm³/mol. The van der Waals surface area contributed by atoms with Gasteiger partial charge in [-0.2, -0.15) is 0 Å². The summed E-state index contributed by atoms with van der Waals surface area (Å²) >= 11 is 0. The largest absolute Gasteiger partial charge is 0.354 e. The molecule has 0 aliphatic rings. The molecule has 2 N–H and O–H groups in total. The molecule has 2 aromatic carbocycles. The Balaban J connectivity index is 1.59. The SMILES string of the molecule is CCc1ccc(C(CNC(=O)CCc2nc3ccccc3c(=O)[nH]2)N(C)C)cc1. The van der Waals surface area contributed by atoms with Crippen molar-refractivity contribution in [1.29, 1.82) is 0 Å². The number of aryl methyl sites for hydroxylation is 2. The van der Waals surface area contributed by atoms with Gasteiger partial charge in [0.25, 0.3) is 5.56 Å². The van der Waals surface area contributed by atoms with E-state index in [1.807, 2.05) is 26.2 Å². The highest BCUT2D eigenvalue weighted by Gasteiger charge is 2.15. The molecular formula is C23H28N4O2. The van der Waals surface area contributed by atoms with E-state index in [9.17, 15) is 9.59 Å². The first-order valence-corrected chi connectivity index (χ1v) is 9.98. The molecule has 0 aliphatic carbocycles. The number of para-hydroxylation sites is 1. The molecule has 6 nitrogen and oxygen atoms in total. The van der Waals surface area contributed by atoms with Crippen LogP contribution < -0.4 is 10.9 Å². The van der Waals surface area contributed by atoms with Crippen LogP contribution in [0.5, 0.6) is 0 Å². The second-order valence-electron chi connectivity index (χ2n) is 7.41. The van der Waals surface area contributed by atoms with Gasteiger partial charge in [0, 0.05) is 19.4 Å². The molecule has 1 amide bonds. The summed E-state index contributed by atoms with van der Waals surface area (Å²) in [6, 6.07) is 15.8. The number of amides is 1. The average Bonchev–Trinajstić information content (AvgIpc) is 2.72. The lowest BCUT2D eigenvalue weighted by molar-refractivity contribution is -0.121. The molecule has 6 heteroatoms. The van der Waals surface area contributed by atoms with Crippen LogP contribution in [0.4, 0.5) is 0 Å². The summed E-state index contributed by atoms with van der Waals surface area (Å²) in [5, 5.41) is 3.57. The number of carbonyl (C=O) groups excluding carboxylic acids is 1. The van der Waals surface area contributed by atoms with Gasteiger partial charge in [-0.1, -0.05) is 43.3 Å². The van der Waals surface area contributed by atoms with E-state index in [1.54, 1.807) is 12.1 Å². The number of aromatic amines is 1. The summed E-state index contributed by atoms with van der Waals surface area (Å²) in [6.07, 6.45) is 1.68. The number of benzene rings is 2. The van der Waals surface area contributed by atoms with E-state index < -0.39 is 0 Å². The number of likely N-dealkylation sites (N-methyl/N-ethyl adjacent to an activating group) is 1. The van der Waals surface area contributed by atoms with Gasteiger partial charge < -0.3 is 15.2 Å². The van der Waals surface area contributed by atoms with Crippen molar-refractivity contribution in [1.82, 2.24) is 20.2 Å². The molecule has 0 saturated heterocycles. The number of hydrogen-bond acceptors (Lipinski definition) is 4. The summed E-state index contributed by atoms with van der Waals surface area (Å²) in [7, 11) is 4.02. The Morgan fingerprint density at radius 3 is 2.55 bits per heavy atom. The first kappa shape index (κ1) is 20.7. The van der Waals surface area contributed by atoms with E-state index in [0.29, 0.717) is 29.7 Å². The maximum Gasteiger partial charge on any atom is 0.258 e. The highest BCUT2D eigenvalue weighted by atomic mass is 16.1. The van der Waals surface area contributed by atoms with Crippen LogP contribution >= 0.6 is 0 Å². The summed E-state index contributed by atoms with van der Waals surface area (Å²) in [5.41, 5.74) is 2.95. The topological polar surface area (TPSA) is 78.1 Å². The second-order valence-corrected chi connectivity index (χ2v) is 7.41. The van der Waals surface area contributed by atoms with Gasteiger partial charge in [-0.15, -0.1) is 0 Å². The monoisotopic (exact) mass is 392 g/mol. The summed E-state index contributed by atoms with van der Waals surface area (Å²) in [5.74, 6) is 0.473. The number of hydrogen-bond donors (Lipinski definition) is 2. The van der Waals surface area contributed by atoms with Gasteiger partial charge >= 0.3 is 0 Å². The summed E-state index contributed by atoms with van der Waals surface area (Å²) in [6.45, 7) is 2.66. The Labute approximate surface area is 171 Å². The molecule has 1 aromatic heterocycles. The van der Waals surface area contributed by atoms with Gasteiger partial charge in [-0.3, -0.25) is 9.59 Å². The van der Waals surface area contributed by atoms with Crippen LogP contribution in [0.25, 0.3) is 10.9 Å². The Morgan fingerprint density at radius 2 is 1.86 bits per heavy atom. The molecule has 1 heterocycles. The molecule has 29 heavy (non-hydrogen) atoms. The van der Waals surface area contributed by atoms with E-state index in [-0.39, 0.29) is 23.9 Å². The van der Waals surface area contributed by atoms with Crippen LogP contribution in [-0.4, -0.2) is 41.4 Å². The maximum absolute atomic E-state index is 12.4. The number of H-pyrrole nitrogens is 1. The van der Waals surface area contributed by atoms with Crippen LogP contribution in [0.3, 0.4) is 0 Å². The van der Waals surface area contributed by atoms with Crippen LogP contribution in [0, 0.1) is 0 Å². The van der Waals surface area contributed by atoms with E-state index in [4.69, 9.17) is 0 Å². The van der Waals surface area contributed by atoms with Crippen molar-refractivity contribution in [2.75, 3.05) is 20.6 Å². The minimum atomic E-state index is -0.172. The highest BCUT2D eigenvalue weighted by molar-refractivity contribution is 5.78. The van der Waals surface area contributed by atoms with Crippen molar-refractivity contribution in [2.24, 2.45) is 0 Å². The lowest BCUT2D eigenvalue weighted by atomic mass is 10.0. The highest BCUT2D eigenvalue weighted by Crippen LogP contribution is 2.18. The zero-order chi connectivity index (χ0) is 20.8. The number of rotatable bonds is 8.